The predicted molar refractivity (Wildman–Crippen MR) is 79.6 cm³/mol. The summed E-state index contributed by atoms with van der Waals surface area (Å²) < 4.78 is 0.462. The van der Waals surface area contributed by atoms with E-state index in [2.05, 4.69) is 26.6 Å². The van der Waals surface area contributed by atoms with E-state index in [-0.39, 0.29) is 11.7 Å². The van der Waals surface area contributed by atoms with Crippen molar-refractivity contribution < 1.29 is 9.72 Å². The SMILES string of the molecule is CN(C)C(=O)NCCNCc1ccc(Br)c([N+](=O)[O-])c1. The van der Waals surface area contributed by atoms with Gasteiger partial charge < -0.3 is 15.5 Å². The van der Waals surface area contributed by atoms with E-state index < -0.39 is 4.92 Å². The van der Waals surface area contributed by atoms with Crippen LogP contribution >= 0.6 is 15.9 Å². The number of rotatable bonds is 6. The Hall–Kier alpha value is -1.67. The molecule has 7 nitrogen and oxygen atoms in total. The molecule has 0 aliphatic rings. The monoisotopic (exact) mass is 344 g/mol. The molecular formula is C12H17BrN4O3. The van der Waals surface area contributed by atoms with E-state index in [1.807, 2.05) is 6.07 Å². The fourth-order valence-corrected chi connectivity index (χ4v) is 1.85. The summed E-state index contributed by atoms with van der Waals surface area (Å²) in [5, 5.41) is 16.6. The standard InChI is InChI=1S/C12H17BrN4O3/c1-16(2)12(18)15-6-5-14-8-9-3-4-10(13)11(7-9)17(19)20/h3-4,7,14H,5-6,8H2,1-2H3,(H,15,18). The normalized spacial score (nSPS) is 10.2. The molecule has 1 aromatic rings. The third-order valence-electron chi connectivity index (χ3n) is 2.52. The first-order chi connectivity index (χ1) is 9.41. The molecule has 0 radical (unpaired) electrons. The molecule has 1 rings (SSSR count). The molecule has 2 N–H and O–H groups in total. The van der Waals surface area contributed by atoms with Gasteiger partial charge in [0.15, 0.2) is 0 Å². The zero-order chi connectivity index (χ0) is 15.1. The summed E-state index contributed by atoms with van der Waals surface area (Å²) >= 11 is 3.14. The molecule has 0 aliphatic heterocycles. The van der Waals surface area contributed by atoms with Gasteiger partial charge in [-0.2, -0.15) is 0 Å². The number of nitro groups is 1. The summed E-state index contributed by atoms with van der Waals surface area (Å²) in [4.78, 5) is 23.1. The second-order valence-corrected chi connectivity index (χ2v) is 5.20. The second-order valence-electron chi connectivity index (χ2n) is 4.35. The molecule has 110 valence electrons. The molecular weight excluding hydrogens is 328 g/mol. The summed E-state index contributed by atoms with van der Waals surface area (Å²) in [6, 6.07) is 4.84. The highest BCUT2D eigenvalue weighted by molar-refractivity contribution is 9.10. The summed E-state index contributed by atoms with van der Waals surface area (Å²) in [5.41, 5.74) is 0.865. The molecule has 2 amide bonds. The molecule has 0 saturated carbocycles. The van der Waals surface area contributed by atoms with E-state index in [0.717, 1.165) is 5.56 Å². The van der Waals surface area contributed by atoms with Crippen LogP contribution in [0.4, 0.5) is 10.5 Å². The molecule has 0 aromatic heterocycles. The first-order valence-corrected chi connectivity index (χ1v) is 6.80. The Balaban J connectivity index is 2.38. The maximum atomic E-state index is 11.2. The van der Waals surface area contributed by atoms with E-state index in [4.69, 9.17) is 0 Å². The van der Waals surface area contributed by atoms with Crippen molar-refractivity contribution in [3.05, 3.63) is 38.3 Å². The van der Waals surface area contributed by atoms with Gasteiger partial charge in [0.05, 0.1) is 9.40 Å². The Morgan fingerprint density at radius 3 is 2.70 bits per heavy atom. The minimum Gasteiger partial charge on any atom is -0.337 e. The first-order valence-electron chi connectivity index (χ1n) is 6.00. The molecule has 0 spiro atoms. The number of amides is 2. The molecule has 0 fully saturated rings. The molecule has 8 heteroatoms. The molecule has 0 saturated heterocycles. The third-order valence-corrected chi connectivity index (χ3v) is 3.19. The van der Waals surface area contributed by atoms with Gasteiger partial charge in [-0.05, 0) is 27.6 Å². The zero-order valence-electron chi connectivity index (χ0n) is 11.4. The predicted octanol–water partition coefficient (Wildman–Crippen LogP) is 1.72. The fraction of sp³-hybridized carbons (Fsp3) is 0.417. The molecule has 1 aromatic carbocycles. The van der Waals surface area contributed by atoms with Gasteiger partial charge >= 0.3 is 6.03 Å². The zero-order valence-corrected chi connectivity index (χ0v) is 12.9. The Bertz CT molecular complexity index is 494. The Morgan fingerprint density at radius 1 is 1.40 bits per heavy atom. The van der Waals surface area contributed by atoms with Crippen LogP contribution in [0.1, 0.15) is 5.56 Å². The van der Waals surface area contributed by atoms with Crippen LogP contribution in [0, 0.1) is 10.1 Å². The van der Waals surface area contributed by atoms with Crippen LogP contribution < -0.4 is 10.6 Å². The van der Waals surface area contributed by atoms with Crippen molar-refractivity contribution in [1.29, 1.82) is 0 Å². The van der Waals surface area contributed by atoms with Crippen LogP contribution in [-0.4, -0.2) is 43.0 Å². The van der Waals surface area contributed by atoms with Gasteiger partial charge in [-0.15, -0.1) is 0 Å². The van der Waals surface area contributed by atoms with E-state index in [9.17, 15) is 14.9 Å². The molecule has 0 bridgehead atoms. The largest absolute Gasteiger partial charge is 0.337 e. The first kappa shape index (κ1) is 16.4. The summed E-state index contributed by atoms with van der Waals surface area (Å²) in [6.07, 6.45) is 0. The number of hydrogen-bond donors (Lipinski definition) is 2. The van der Waals surface area contributed by atoms with Crippen molar-refractivity contribution in [2.45, 2.75) is 6.54 Å². The number of hydrogen-bond acceptors (Lipinski definition) is 4. The maximum Gasteiger partial charge on any atom is 0.316 e. The minimum atomic E-state index is -0.426. The fourth-order valence-electron chi connectivity index (χ4n) is 1.46. The van der Waals surface area contributed by atoms with Gasteiger partial charge in [0.2, 0.25) is 0 Å². The van der Waals surface area contributed by atoms with E-state index >= 15 is 0 Å². The van der Waals surface area contributed by atoms with E-state index in [0.29, 0.717) is 24.1 Å². The third kappa shape index (κ3) is 5.14. The number of urea groups is 1. The summed E-state index contributed by atoms with van der Waals surface area (Å²) in [5.74, 6) is 0. The van der Waals surface area contributed by atoms with E-state index in [1.165, 1.54) is 11.0 Å². The van der Waals surface area contributed by atoms with Crippen molar-refractivity contribution in [3.8, 4) is 0 Å². The number of carbonyl (C=O) groups is 1. The lowest BCUT2D eigenvalue weighted by atomic mass is 10.2. The van der Waals surface area contributed by atoms with Gasteiger partial charge in [-0.25, -0.2) is 4.79 Å². The summed E-state index contributed by atoms with van der Waals surface area (Å²) in [7, 11) is 3.34. The quantitative estimate of drug-likeness (QED) is 0.467. The van der Waals surface area contributed by atoms with Gasteiger partial charge in [-0.1, -0.05) is 6.07 Å². The van der Waals surface area contributed by atoms with Gasteiger partial charge in [0.25, 0.3) is 5.69 Å². The molecule has 0 unspecified atom stereocenters. The van der Waals surface area contributed by atoms with Crippen LogP contribution in [0.5, 0.6) is 0 Å². The van der Waals surface area contributed by atoms with Crippen molar-refractivity contribution >= 4 is 27.6 Å². The lowest BCUT2D eigenvalue weighted by Crippen LogP contribution is -2.38. The van der Waals surface area contributed by atoms with Gasteiger partial charge in [-0.3, -0.25) is 10.1 Å². The molecule has 0 heterocycles. The maximum absolute atomic E-state index is 11.2. The minimum absolute atomic E-state index is 0.0465. The topological polar surface area (TPSA) is 87.5 Å². The van der Waals surface area contributed by atoms with Crippen LogP contribution in [0.2, 0.25) is 0 Å². The van der Waals surface area contributed by atoms with Gasteiger partial charge in [0, 0.05) is 39.8 Å². The highest BCUT2D eigenvalue weighted by Crippen LogP contribution is 2.25. The van der Waals surface area contributed by atoms with Crippen LogP contribution in [0.15, 0.2) is 22.7 Å². The van der Waals surface area contributed by atoms with Crippen LogP contribution in [0.25, 0.3) is 0 Å². The Morgan fingerprint density at radius 2 is 2.10 bits per heavy atom. The van der Waals surface area contributed by atoms with E-state index in [1.54, 1.807) is 20.2 Å². The number of nitro benzene ring substituents is 1. The number of halogens is 1. The average Bonchev–Trinajstić information content (AvgIpc) is 2.39. The lowest BCUT2D eigenvalue weighted by Gasteiger charge is -2.12. The van der Waals surface area contributed by atoms with Crippen molar-refractivity contribution in [1.82, 2.24) is 15.5 Å². The highest BCUT2D eigenvalue weighted by atomic mass is 79.9. The smallest absolute Gasteiger partial charge is 0.316 e. The number of nitrogens with one attached hydrogen (secondary N) is 2. The number of carbonyl (C=O) groups excluding carboxylic acids is 1. The Kier molecular flexibility index (Phi) is 6.40. The van der Waals surface area contributed by atoms with Gasteiger partial charge in [0.1, 0.15) is 0 Å². The van der Waals surface area contributed by atoms with Crippen LogP contribution in [0.3, 0.4) is 0 Å². The average molecular weight is 345 g/mol. The highest BCUT2D eigenvalue weighted by Gasteiger charge is 2.11. The molecule has 20 heavy (non-hydrogen) atoms. The second kappa shape index (κ2) is 7.81. The van der Waals surface area contributed by atoms with Crippen molar-refractivity contribution in [3.63, 3.8) is 0 Å². The Labute approximate surface area is 125 Å². The molecule has 0 atom stereocenters. The van der Waals surface area contributed by atoms with Crippen LogP contribution in [-0.2, 0) is 6.54 Å². The number of nitrogens with zero attached hydrogens (tertiary/aromatic N) is 2. The number of benzene rings is 1. The van der Waals surface area contributed by atoms with Crippen molar-refractivity contribution in [2.75, 3.05) is 27.2 Å². The van der Waals surface area contributed by atoms with Crippen molar-refractivity contribution in [2.24, 2.45) is 0 Å². The summed E-state index contributed by atoms with van der Waals surface area (Å²) in [6.45, 7) is 1.59. The molecule has 0 aliphatic carbocycles. The lowest BCUT2D eigenvalue weighted by molar-refractivity contribution is -0.385.